The molecule has 0 aliphatic heterocycles. The maximum atomic E-state index is 9.49. The molecule has 0 atom stereocenters. The Labute approximate surface area is 104 Å². The Morgan fingerprint density at radius 1 is 1.06 bits per heavy atom. The van der Waals surface area contributed by atoms with Gasteiger partial charge in [0.2, 0.25) is 0 Å². The SMILES string of the molecule is Cc1cc(C)cc(CC2(C#N)CCCCC2)c1. The fourth-order valence-electron chi connectivity index (χ4n) is 3.12. The van der Waals surface area contributed by atoms with Crippen LogP contribution in [-0.4, -0.2) is 0 Å². The first-order chi connectivity index (χ1) is 8.13. The summed E-state index contributed by atoms with van der Waals surface area (Å²) in [4.78, 5) is 0. The van der Waals surface area contributed by atoms with Crippen molar-refractivity contribution in [3.63, 3.8) is 0 Å². The quantitative estimate of drug-likeness (QED) is 0.738. The van der Waals surface area contributed by atoms with Gasteiger partial charge in [0, 0.05) is 0 Å². The summed E-state index contributed by atoms with van der Waals surface area (Å²) in [5, 5.41) is 9.49. The smallest absolute Gasteiger partial charge is 0.0693 e. The highest BCUT2D eigenvalue weighted by Crippen LogP contribution is 2.38. The van der Waals surface area contributed by atoms with Crippen LogP contribution in [0.5, 0.6) is 0 Å². The molecule has 90 valence electrons. The van der Waals surface area contributed by atoms with E-state index in [4.69, 9.17) is 0 Å². The zero-order chi connectivity index (χ0) is 12.3. The summed E-state index contributed by atoms with van der Waals surface area (Å²) in [6.45, 7) is 4.27. The van der Waals surface area contributed by atoms with Crippen LogP contribution in [-0.2, 0) is 6.42 Å². The highest BCUT2D eigenvalue weighted by Gasteiger charge is 2.32. The van der Waals surface area contributed by atoms with E-state index in [1.54, 1.807) is 0 Å². The molecular formula is C16H21N. The van der Waals surface area contributed by atoms with Crippen molar-refractivity contribution in [3.05, 3.63) is 34.9 Å². The summed E-state index contributed by atoms with van der Waals surface area (Å²) < 4.78 is 0. The van der Waals surface area contributed by atoms with E-state index < -0.39 is 0 Å². The molecule has 0 unspecified atom stereocenters. The van der Waals surface area contributed by atoms with Crippen molar-refractivity contribution < 1.29 is 0 Å². The van der Waals surface area contributed by atoms with Gasteiger partial charge in [-0.2, -0.15) is 5.26 Å². The molecule has 1 fully saturated rings. The number of nitrogens with zero attached hydrogens (tertiary/aromatic N) is 1. The lowest BCUT2D eigenvalue weighted by atomic mass is 9.71. The zero-order valence-corrected chi connectivity index (χ0v) is 10.9. The number of hydrogen-bond donors (Lipinski definition) is 0. The molecule has 0 bridgehead atoms. The minimum absolute atomic E-state index is 0.0848. The number of nitriles is 1. The van der Waals surface area contributed by atoms with Gasteiger partial charge in [-0.1, -0.05) is 48.6 Å². The van der Waals surface area contributed by atoms with Crippen LogP contribution in [0.15, 0.2) is 18.2 Å². The predicted octanol–water partition coefficient (Wildman–Crippen LogP) is 4.32. The second kappa shape index (κ2) is 4.92. The summed E-state index contributed by atoms with van der Waals surface area (Å²) in [5.41, 5.74) is 3.87. The van der Waals surface area contributed by atoms with Crippen LogP contribution in [0, 0.1) is 30.6 Å². The number of aryl methyl sites for hydroxylation is 2. The summed E-state index contributed by atoms with van der Waals surface area (Å²) in [6, 6.07) is 9.28. The van der Waals surface area contributed by atoms with Gasteiger partial charge in [-0.05, 0) is 38.7 Å². The monoisotopic (exact) mass is 227 g/mol. The van der Waals surface area contributed by atoms with Gasteiger partial charge in [0.25, 0.3) is 0 Å². The molecule has 1 nitrogen and oxygen atoms in total. The van der Waals surface area contributed by atoms with E-state index in [9.17, 15) is 5.26 Å². The molecule has 0 N–H and O–H groups in total. The summed E-state index contributed by atoms with van der Waals surface area (Å²) in [5.74, 6) is 0. The van der Waals surface area contributed by atoms with Crippen molar-refractivity contribution in [2.45, 2.75) is 52.4 Å². The average Bonchev–Trinajstić information content (AvgIpc) is 2.29. The van der Waals surface area contributed by atoms with Crippen LogP contribution in [0.1, 0.15) is 48.8 Å². The van der Waals surface area contributed by atoms with Gasteiger partial charge in [0.1, 0.15) is 0 Å². The largest absolute Gasteiger partial charge is 0.198 e. The molecule has 1 aromatic rings. The van der Waals surface area contributed by atoms with Crippen LogP contribution >= 0.6 is 0 Å². The second-order valence-corrected chi connectivity index (χ2v) is 5.63. The molecule has 1 aliphatic carbocycles. The zero-order valence-electron chi connectivity index (χ0n) is 10.9. The van der Waals surface area contributed by atoms with Crippen molar-refractivity contribution in [1.29, 1.82) is 5.26 Å². The molecule has 2 rings (SSSR count). The van der Waals surface area contributed by atoms with E-state index in [0.717, 1.165) is 19.3 Å². The van der Waals surface area contributed by atoms with Gasteiger partial charge in [-0.3, -0.25) is 0 Å². The molecule has 1 aliphatic rings. The lowest BCUT2D eigenvalue weighted by molar-refractivity contribution is 0.266. The molecule has 1 aromatic carbocycles. The lowest BCUT2D eigenvalue weighted by Crippen LogP contribution is -2.24. The van der Waals surface area contributed by atoms with Gasteiger partial charge in [-0.15, -0.1) is 0 Å². The highest BCUT2D eigenvalue weighted by molar-refractivity contribution is 5.30. The molecule has 0 heterocycles. The first-order valence-electron chi connectivity index (χ1n) is 6.62. The fourth-order valence-corrected chi connectivity index (χ4v) is 3.12. The Bertz CT molecular complexity index is 413. The van der Waals surface area contributed by atoms with Crippen LogP contribution < -0.4 is 0 Å². The van der Waals surface area contributed by atoms with E-state index >= 15 is 0 Å². The predicted molar refractivity (Wildman–Crippen MR) is 70.8 cm³/mol. The Kier molecular flexibility index (Phi) is 3.52. The van der Waals surface area contributed by atoms with Crippen LogP contribution in [0.2, 0.25) is 0 Å². The average molecular weight is 227 g/mol. The number of benzene rings is 1. The molecule has 17 heavy (non-hydrogen) atoms. The topological polar surface area (TPSA) is 23.8 Å². The molecule has 1 heteroatoms. The van der Waals surface area contributed by atoms with Gasteiger partial charge in [0.05, 0.1) is 11.5 Å². The molecule has 0 radical (unpaired) electrons. The van der Waals surface area contributed by atoms with Crippen molar-refractivity contribution in [2.24, 2.45) is 5.41 Å². The molecule has 0 spiro atoms. The molecule has 0 aromatic heterocycles. The van der Waals surface area contributed by atoms with E-state index in [2.05, 4.69) is 38.1 Å². The molecule has 0 saturated heterocycles. The number of hydrogen-bond acceptors (Lipinski definition) is 1. The first-order valence-corrected chi connectivity index (χ1v) is 6.62. The third kappa shape index (κ3) is 2.88. The summed E-state index contributed by atoms with van der Waals surface area (Å²) >= 11 is 0. The van der Waals surface area contributed by atoms with Crippen LogP contribution in [0.3, 0.4) is 0 Å². The Balaban J connectivity index is 2.21. The minimum Gasteiger partial charge on any atom is -0.198 e. The summed E-state index contributed by atoms with van der Waals surface area (Å²) in [6.07, 6.45) is 6.84. The standard InChI is InChI=1S/C16H21N/c1-13-8-14(2)10-15(9-13)11-16(12-17)6-4-3-5-7-16/h8-10H,3-7,11H2,1-2H3. The van der Waals surface area contributed by atoms with Crippen molar-refractivity contribution >= 4 is 0 Å². The van der Waals surface area contributed by atoms with Gasteiger partial charge in [-0.25, -0.2) is 0 Å². The lowest BCUT2D eigenvalue weighted by Gasteiger charge is -2.30. The molecule has 0 amide bonds. The van der Waals surface area contributed by atoms with E-state index in [1.165, 1.54) is 36.0 Å². The Morgan fingerprint density at radius 2 is 1.65 bits per heavy atom. The summed E-state index contributed by atoms with van der Waals surface area (Å²) in [7, 11) is 0. The van der Waals surface area contributed by atoms with Gasteiger partial charge >= 0.3 is 0 Å². The third-order valence-corrected chi connectivity index (χ3v) is 3.87. The highest BCUT2D eigenvalue weighted by atomic mass is 14.4. The van der Waals surface area contributed by atoms with E-state index in [0.29, 0.717) is 0 Å². The van der Waals surface area contributed by atoms with E-state index in [1.807, 2.05) is 0 Å². The van der Waals surface area contributed by atoms with Crippen LogP contribution in [0.4, 0.5) is 0 Å². The normalized spacial score (nSPS) is 18.6. The maximum absolute atomic E-state index is 9.49. The van der Waals surface area contributed by atoms with Crippen LogP contribution in [0.25, 0.3) is 0 Å². The van der Waals surface area contributed by atoms with Crippen molar-refractivity contribution in [3.8, 4) is 6.07 Å². The first kappa shape index (κ1) is 12.2. The maximum Gasteiger partial charge on any atom is 0.0693 e. The molecular weight excluding hydrogens is 206 g/mol. The third-order valence-electron chi connectivity index (χ3n) is 3.87. The molecule has 1 saturated carbocycles. The minimum atomic E-state index is -0.0848. The van der Waals surface area contributed by atoms with Gasteiger partial charge in [0.15, 0.2) is 0 Å². The Morgan fingerprint density at radius 3 is 2.18 bits per heavy atom. The van der Waals surface area contributed by atoms with E-state index in [-0.39, 0.29) is 5.41 Å². The Hall–Kier alpha value is -1.29. The van der Waals surface area contributed by atoms with Gasteiger partial charge < -0.3 is 0 Å². The van der Waals surface area contributed by atoms with Crippen molar-refractivity contribution in [1.82, 2.24) is 0 Å². The fraction of sp³-hybridized carbons (Fsp3) is 0.562. The van der Waals surface area contributed by atoms with Crippen molar-refractivity contribution in [2.75, 3.05) is 0 Å². The number of rotatable bonds is 2. The second-order valence-electron chi connectivity index (χ2n) is 5.63.